The summed E-state index contributed by atoms with van der Waals surface area (Å²) in [5.41, 5.74) is -3.62. The third-order valence-electron chi connectivity index (χ3n) is 4.01. The van der Waals surface area contributed by atoms with E-state index in [1.807, 2.05) is 0 Å². The van der Waals surface area contributed by atoms with Crippen LogP contribution in [0.2, 0.25) is 0 Å². The van der Waals surface area contributed by atoms with Gasteiger partial charge in [0.05, 0.1) is 13.7 Å². The molecular weight excluding hydrogens is 432 g/mol. The lowest BCUT2D eigenvalue weighted by Crippen LogP contribution is -2.44. The number of anilines is 1. The van der Waals surface area contributed by atoms with Gasteiger partial charge in [-0.05, 0) is 74.4 Å². The molecule has 0 atom stereocenters. The van der Waals surface area contributed by atoms with Crippen LogP contribution in [0.4, 0.5) is 15.4 Å². The maximum Gasteiger partial charge on any atom is 0.425 e. The van der Waals surface area contributed by atoms with Gasteiger partial charge in [-0.15, -0.1) is 0 Å². The lowest BCUT2D eigenvalue weighted by molar-refractivity contribution is -0.150. The van der Waals surface area contributed by atoms with Crippen LogP contribution in [0.1, 0.15) is 72.8 Å². The minimum Gasteiger partial charge on any atom is -0.493 e. The van der Waals surface area contributed by atoms with Crippen molar-refractivity contribution in [3.8, 4) is 5.75 Å². The highest BCUT2D eigenvalue weighted by molar-refractivity contribution is 6.13. The van der Waals surface area contributed by atoms with Crippen molar-refractivity contribution in [2.45, 2.75) is 73.5 Å². The molecule has 0 aliphatic heterocycles. The Morgan fingerprint density at radius 1 is 0.879 bits per heavy atom. The molecule has 0 saturated carbocycles. The molecule has 0 aliphatic rings. The standard InChI is InChI=1S/C23H34N2O8/c1-11-31-18(27)23(8,9)16(26)14-12-13-15(30-10)17(24-14)25(19(28)32-21(2,3)4)20(29)33-22(5,6)7/h12-13H,11H2,1-10H3. The van der Waals surface area contributed by atoms with Gasteiger partial charge < -0.3 is 18.9 Å². The van der Waals surface area contributed by atoms with E-state index in [2.05, 4.69) is 4.98 Å². The Labute approximate surface area is 194 Å². The summed E-state index contributed by atoms with van der Waals surface area (Å²) in [5.74, 6) is -1.70. The molecule has 1 rings (SSSR count). The number of carbonyl (C=O) groups excluding carboxylic acids is 4. The fourth-order valence-electron chi connectivity index (χ4n) is 2.47. The monoisotopic (exact) mass is 466 g/mol. The highest BCUT2D eigenvalue weighted by Gasteiger charge is 2.41. The predicted molar refractivity (Wildman–Crippen MR) is 120 cm³/mol. The normalized spacial score (nSPS) is 11.9. The number of nitrogens with zero attached hydrogens (tertiary/aromatic N) is 2. The van der Waals surface area contributed by atoms with Gasteiger partial charge >= 0.3 is 18.2 Å². The fourth-order valence-corrected chi connectivity index (χ4v) is 2.47. The van der Waals surface area contributed by atoms with E-state index in [1.165, 1.54) is 33.1 Å². The number of carbonyl (C=O) groups is 4. The first-order valence-corrected chi connectivity index (χ1v) is 10.5. The zero-order valence-electron chi connectivity index (χ0n) is 21.0. The second kappa shape index (κ2) is 10.2. The van der Waals surface area contributed by atoms with Crippen LogP contribution in [0.3, 0.4) is 0 Å². The molecule has 10 nitrogen and oxygen atoms in total. The molecule has 10 heteroatoms. The van der Waals surface area contributed by atoms with Crippen LogP contribution in [0, 0.1) is 5.41 Å². The number of pyridine rings is 1. The molecule has 1 aromatic rings. The third-order valence-corrected chi connectivity index (χ3v) is 4.01. The third kappa shape index (κ3) is 7.44. The van der Waals surface area contributed by atoms with Crippen molar-refractivity contribution in [3.05, 3.63) is 17.8 Å². The van der Waals surface area contributed by atoms with Gasteiger partial charge in [0.25, 0.3) is 0 Å². The van der Waals surface area contributed by atoms with Crippen LogP contribution in [0.5, 0.6) is 5.75 Å². The zero-order chi connectivity index (χ0) is 25.8. The van der Waals surface area contributed by atoms with Crippen LogP contribution < -0.4 is 9.64 Å². The average Bonchev–Trinajstić information content (AvgIpc) is 2.64. The topological polar surface area (TPSA) is 121 Å². The van der Waals surface area contributed by atoms with Crippen molar-refractivity contribution in [1.29, 1.82) is 0 Å². The molecule has 0 unspecified atom stereocenters. The Hall–Kier alpha value is -3.17. The summed E-state index contributed by atoms with van der Waals surface area (Å²) in [5, 5.41) is 0. The number of hydrogen-bond acceptors (Lipinski definition) is 9. The Balaban J connectivity index is 3.62. The highest BCUT2D eigenvalue weighted by atomic mass is 16.6. The van der Waals surface area contributed by atoms with Gasteiger partial charge in [0.1, 0.15) is 22.3 Å². The summed E-state index contributed by atoms with van der Waals surface area (Å²) in [4.78, 5) is 56.1. The Bertz CT molecular complexity index is 882. The molecule has 0 saturated heterocycles. The highest BCUT2D eigenvalue weighted by Crippen LogP contribution is 2.32. The summed E-state index contributed by atoms with van der Waals surface area (Å²) >= 11 is 0. The van der Waals surface area contributed by atoms with E-state index < -0.39 is 40.6 Å². The van der Waals surface area contributed by atoms with Crippen molar-refractivity contribution in [3.63, 3.8) is 0 Å². The molecule has 0 aromatic carbocycles. The summed E-state index contributed by atoms with van der Waals surface area (Å²) in [6, 6.07) is 2.69. The van der Waals surface area contributed by atoms with E-state index in [1.54, 1.807) is 48.5 Å². The van der Waals surface area contributed by atoms with E-state index in [0.29, 0.717) is 4.90 Å². The number of ether oxygens (including phenoxy) is 4. The van der Waals surface area contributed by atoms with Crippen LogP contribution >= 0.6 is 0 Å². The summed E-state index contributed by atoms with van der Waals surface area (Å²) < 4.78 is 21.0. The summed E-state index contributed by atoms with van der Waals surface area (Å²) in [6.07, 6.45) is -2.14. The number of methoxy groups -OCH3 is 1. The number of aromatic nitrogens is 1. The smallest absolute Gasteiger partial charge is 0.425 e. The fraction of sp³-hybridized carbons (Fsp3) is 0.609. The van der Waals surface area contributed by atoms with Crippen LogP contribution in [-0.4, -0.2) is 53.8 Å². The molecule has 0 bridgehead atoms. The first-order valence-electron chi connectivity index (χ1n) is 10.5. The van der Waals surface area contributed by atoms with Crippen molar-refractivity contribution in [2.24, 2.45) is 5.41 Å². The Kier molecular flexibility index (Phi) is 8.60. The predicted octanol–water partition coefficient (Wildman–Crippen LogP) is 4.54. The van der Waals surface area contributed by atoms with Crippen molar-refractivity contribution < 1.29 is 38.1 Å². The molecule has 0 fully saturated rings. The van der Waals surface area contributed by atoms with Crippen molar-refractivity contribution in [2.75, 3.05) is 18.6 Å². The van der Waals surface area contributed by atoms with E-state index in [4.69, 9.17) is 18.9 Å². The molecule has 0 radical (unpaired) electrons. The van der Waals surface area contributed by atoms with Crippen molar-refractivity contribution >= 4 is 29.8 Å². The number of hydrogen-bond donors (Lipinski definition) is 0. The van der Waals surface area contributed by atoms with Gasteiger partial charge in [0.2, 0.25) is 0 Å². The zero-order valence-corrected chi connectivity index (χ0v) is 21.0. The van der Waals surface area contributed by atoms with Crippen molar-refractivity contribution in [1.82, 2.24) is 4.98 Å². The Morgan fingerprint density at radius 2 is 1.36 bits per heavy atom. The van der Waals surface area contributed by atoms with E-state index >= 15 is 0 Å². The van der Waals surface area contributed by atoms with Gasteiger partial charge in [-0.25, -0.2) is 14.6 Å². The summed E-state index contributed by atoms with van der Waals surface area (Å²) in [7, 11) is 1.31. The quantitative estimate of drug-likeness (QED) is 0.257. The minimum atomic E-state index is -1.56. The summed E-state index contributed by atoms with van der Waals surface area (Å²) in [6.45, 7) is 14.3. The second-order valence-corrected chi connectivity index (χ2v) is 9.69. The molecule has 1 heterocycles. The maximum atomic E-state index is 13.1. The molecule has 184 valence electrons. The largest absolute Gasteiger partial charge is 0.493 e. The van der Waals surface area contributed by atoms with E-state index in [-0.39, 0.29) is 23.9 Å². The number of Topliss-reactive ketones (excluding diaryl/α,β-unsaturated/α-hetero) is 1. The molecule has 0 aliphatic carbocycles. The lowest BCUT2D eigenvalue weighted by Gasteiger charge is -2.29. The van der Waals surface area contributed by atoms with Gasteiger partial charge in [0, 0.05) is 0 Å². The molecule has 2 amide bonds. The second-order valence-electron chi connectivity index (χ2n) is 9.69. The molecule has 1 aromatic heterocycles. The van der Waals surface area contributed by atoms with Gasteiger partial charge in [-0.2, -0.15) is 4.90 Å². The average molecular weight is 467 g/mol. The van der Waals surface area contributed by atoms with Crippen LogP contribution in [-0.2, 0) is 19.0 Å². The SMILES string of the molecule is CCOC(=O)C(C)(C)C(=O)c1ccc(OC)c(N(C(=O)OC(C)(C)C)C(=O)OC(C)(C)C)n1. The maximum absolute atomic E-state index is 13.1. The number of rotatable bonds is 6. The minimum absolute atomic E-state index is 0.0113. The number of esters is 1. The van der Waals surface area contributed by atoms with Gasteiger partial charge in [-0.1, -0.05) is 0 Å². The first-order chi connectivity index (χ1) is 14.9. The first kappa shape index (κ1) is 27.9. The molecule has 33 heavy (non-hydrogen) atoms. The molecule has 0 N–H and O–H groups in total. The Morgan fingerprint density at radius 3 is 1.76 bits per heavy atom. The van der Waals surface area contributed by atoms with E-state index in [9.17, 15) is 19.2 Å². The van der Waals surface area contributed by atoms with Gasteiger partial charge in [0.15, 0.2) is 17.4 Å². The lowest BCUT2D eigenvalue weighted by atomic mass is 9.86. The number of imide groups is 1. The van der Waals surface area contributed by atoms with E-state index in [0.717, 1.165) is 0 Å². The van der Waals surface area contributed by atoms with Crippen LogP contribution in [0.25, 0.3) is 0 Å². The number of ketones is 1. The molecule has 0 spiro atoms. The van der Waals surface area contributed by atoms with Gasteiger partial charge in [-0.3, -0.25) is 9.59 Å². The number of amides is 2. The molecular formula is C23H34N2O8. The van der Waals surface area contributed by atoms with Crippen LogP contribution in [0.15, 0.2) is 12.1 Å².